The Bertz CT molecular complexity index is 432. The van der Waals surface area contributed by atoms with Crippen molar-refractivity contribution in [3.8, 4) is 0 Å². The van der Waals surface area contributed by atoms with E-state index in [2.05, 4.69) is 9.97 Å². The van der Waals surface area contributed by atoms with Gasteiger partial charge in [-0.1, -0.05) is 11.6 Å². The molecule has 0 bridgehead atoms. The van der Waals surface area contributed by atoms with Gasteiger partial charge in [-0.05, 0) is 13.8 Å². The first-order valence-corrected chi connectivity index (χ1v) is 5.95. The van der Waals surface area contributed by atoms with Gasteiger partial charge in [0, 0.05) is 17.1 Å². The minimum atomic E-state index is 0.512. The number of halogens is 1. The highest BCUT2D eigenvalue weighted by Gasteiger charge is 2.09. The summed E-state index contributed by atoms with van der Waals surface area (Å²) in [6.45, 7) is 3.80. The minimum Gasteiger partial charge on any atom is -0.436 e. The molecule has 2 aromatic heterocycles. The minimum absolute atomic E-state index is 0.512. The Balaban J connectivity index is 2.18. The summed E-state index contributed by atoms with van der Waals surface area (Å²) < 4.78 is 6.25. The molecule has 0 fully saturated rings. The van der Waals surface area contributed by atoms with E-state index in [0.717, 1.165) is 15.8 Å². The maximum Gasteiger partial charge on any atom is 0.263 e. The summed E-state index contributed by atoms with van der Waals surface area (Å²) in [5, 5.41) is 2.91. The van der Waals surface area contributed by atoms with Crippen molar-refractivity contribution in [3.05, 3.63) is 22.0 Å². The fraction of sp³-hybridized carbons (Fsp3) is 0.250. The predicted octanol–water partition coefficient (Wildman–Crippen LogP) is 3.55. The van der Waals surface area contributed by atoms with Crippen LogP contribution in [0.2, 0.25) is 5.15 Å². The molecule has 0 aromatic carbocycles. The van der Waals surface area contributed by atoms with Gasteiger partial charge in [-0.3, -0.25) is 0 Å². The van der Waals surface area contributed by atoms with Crippen molar-refractivity contribution in [2.75, 3.05) is 0 Å². The van der Waals surface area contributed by atoms with Gasteiger partial charge in [-0.15, -0.1) is 11.3 Å². The van der Waals surface area contributed by atoms with Gasteiger partial charge in [0.25, 0.3) is 5.22 Å². The number of thiazole rings is 1. The number of hydrogen-bond donors (Lipinski definition) is 0. The van der Waals surface area contributed by atoms with Crippen LogP contribution < -0.4 is 0 Å². The van der Waals surface area contributed by atoms with Gasteiger partial charge in [0.2, 0.25) is 0 Å². The number of rotatable bonds is 2. The Morgan fingerprint density at radius 1 is 1.43 bits per heavy atom. The molecule has 0 spiro atoms. The molecule has 0 unspecified atom stereocenters. The SMILES string of the molecule is Cc1nc(Sc2nc(Cl)cs2)oc1C. The lowest BCUT2D eigenvalue weighted by molar-refractivity contribution is 0.431. The van der Waals surface area contributed by atoms with Crippen molar-refractivity contribution in [3.63, 3.8) is 0 Å². The van der Waals surface area contributed by atoms with Crippen LogP contribution in [-0.2, 0) is 0 Å². The third-order valence-corrected chi connectivity index (χ3v) is 3.75. The highest BCUT2D eigenvalue weighted by molar-refractivity contribution is 8.00. The molecule has 0 aliphatic carbocycles. The van der Waals surface area contributed by atoms with Crippen molar-refractivity contribution in [2.45, 2.75) is 23.4 Å². The standard InChI is InChI=1S/C8H7ClN2OS2/c1-4-5(2)12-7(10-4)14-8-11-6(9)3-13-8/h3H,1-2H3. The number of aryl methyl sites for hydroxylation is 2. The molecule has 0 N–H and O–H groups in total. The van der Waals surface area contributed by atoms with Crippen LogP contribution in [0.3, 0.4) is 0 Å². The molecule has 0 saturated carbocycles. The summed E-state index contributed by atoms with van der Waals surface area (Å²) >= 11 is 8.57. The molecular formula is C8H7ClN2OS2. The summed E-state index contributed by atoms with van der Waals surface area (Å²) in [5.74, 6) is 0.843. The monoisotopic (exact) mass is 246 g/mol. The van der Waals surface area contributed by atoms with Crippen LogP contribution in [0.5, 0.6) is 0 Å². The van der Waals surface area contributed by atoms with Crippen LogP contribution in [0.25, 0.3) is 0 Å². The van der Waals surface area contributed by atoms with Gasteiger partial charge in [-0.2, -0.15) is 0 Å². The van der Waals surface area contributed by atoms with E-state index in [-0.39, 0.29) is 0 Å². The van der Waals surface area contributed by atoms with Crippen molar-refractivity contribution < 1.29 is 4.42 Å². The zero-order valence-corrected chi connectivity index (χ0v) is 9.96. The fourth-order valence-corrected chi connectivity index (χ4v) is 2.76. The number of aromatic nitrogens is 2. The molecule has 2 rings (SSSR count). The van der Waals surface area contributed by atoms with Crippen molar-refractivity contribution in [1.29, 1.82) is 0 Å². The smallest absolute Gasteiger partial charge is 0.263 e. The van der Waals surface area contributed by atoms with Gasteiger partial charge in [0.15, 0.2) is 4.34 Å². The molecule has 6 heteroatoms. The van der Waals surface area contributed by atoms with E-state index < -0.39 is 0 Å². The van der Waals surface area contributed by atoms with E-state index in [1.165, 1.54) is 23.1 Å². The van der Waals surface area contributed by atoms with Crippen LogP contribution in [0.1, 0.15) is 11.5 Å². The molecule has 3 nitrogen and oxygen atoms in total. The second kappa shape index (κ2) is 3.92. The van der Waals surface area contributed by atoms with Crippen LogP contribution in [0.15, 0.2) is 19.4 Å². The predicted molar refractivity (Wildman–Crippen MR) is 57.2 cm³/mol. The summed E-state index contributed by atoms with van der Waals surface area (Å²) in [7, 11) is 0. The van der Waals surface area contributed by atoms with E-state index in [1.807, 2.05) is 13.8 Å². The Morgan fingerprint density at radius 2 is 2.21 bits per heavy atom. The quantitative estimate of drug-likeness (QED) is 0.812. The largest absolute Gasteiger partial charge is 0.436 e. The number of hydrogen-bond acceptors (Lipinski definition) is 5. The average molecular weight is 247 g/mol. The molecule has 2 heterocycles. The molecule has 14 heavy (non-hydrogen) atoms. The summed E-state index contributed by atoms with van der Waals surface area (Å²) in [6.07, 6.45) is 0. The zero-order valence-electron chi connectivity index (χ0n) is 7.57. The first-order chi connectivity index (χ1) is 6.65. The Labute approximate surface area is 94.5 Å². The summed E-state index contributed by atoms with van der Waals surface area (Å²) in [5.41, 5.74) is 0.912. The van der Waals surface area contributed by atoms with Gasteiger partial charge in [0.1, 0.15) is 10.9 Å². The van der Waals surface area contributed by atoms with Gasteiger partial charge >= 0.3 is 0 Å². The lowest BCUT2D eigenvalue weighted by Gasteiger charge is -1.87. The van der Waals surface area contributed by atoms with E-state index in [9.17, 15) is 0 Å². The van der Waals surface area contributed by atoms with E-state index in [0.29, 0.717) is 10.4 Å². The van der Waals surface area contributed by atoms with Crippen LogP contribution in [-0.4, -0.2) is 9.97 Å². The molecule has 0 radical (unpaired) electrons. The van der Waals surface area contributed by atoms with Crippen LogP contribution >= 0.6 is 34.7 Å². The maximum atomic E-state index is 5.70. The zero-order chi connectivity index (χ0) is 10.1. The molecular weight excluding hydrogens is 240 g/mol. The Kier molecular flexibility index (Phi) is 2.80. The molecule has 74 valence electrons. The normalized spacial score (nSPS) is 10.8. The van der Waals surface area contributed by atoms with Gasteiger partial charge < -0.3 is 4.42 Å². The van der Waals surface area contributed by atoms with Gasteiger partial charge in [0.05, 0.1) is 5.69 Å². The lowest BCUT2D eigenvalue weighted by atomic mass is 10.4. The molecule has 0 atom stereocenters. The topological polar surface area (TPSA) is 38.9 Å². The number of nitrogens with zero attached hydrogens (tertiary/aromatic N) is 2. The summed E-state index contributed by atoms with van der Waals surface area (Å²) in [4.78, 5) is 8.33. The molecule has 2 aromatic rings. The van der Waals surface area contributed by atoms with E-state index >= 15 is 0 Å². The molecule has 0 amide bonds. The van der Waals surface area contributed by atoms with E-state index in [1.54, 1.807) is 5.38 Å². The highest BCUT2D eigenvalue weighted by Crippen LogP contribution is 2.31. The third kappa shape index (κ3) is 2.10. The maximum absolute atomic E-state index is 5.70. The van der Waals surface area contributed by atoms with Crippen molar-refractivity contribution in [1.82, 2.24) is 9.97 Å². The van der Waals surface area contributed by atoms with Crippen molar-refractivity contribution in [2.24, 2.45) is 0 Å². The molecule has 0 saturated heterocycles. The van der Waals surface area contributed by atoms with Crippen molar-refractivity contribution >= 4 is 34.7 Å². The third-order valence-electron chi connectivity index (χ3n) is 1.64. The molecule has 0 aliphatic heterocycles. The molecule has 0 aliphatic rings. The summed E-state index contributed by atoms with van der Waals surface area (Å²) in [6, 6.07) is 0. The first kappa shape index (κ1) is 10.0. The van der Waals surface area contributed by atoms with Gasteiger partial charge in [-0.25, -0.2) is 9.97 Å². The average Bonchev–Trinajstić information content (AvgIpc) is 2.62. The Morgan fingerprint density at radius 3 is 2.71 bits per heavy atom. The lowest BCUT2D eigenvalue weighted by Crippen LogP contribution is -1.73. The fourth-order valence-electron chi connectivity index (χ4n) is 0.847. The van der Waals surface area contributed by atoms with Crippen LogP contribution in [0.4, 0.5) is 0 Å². The second-order valence-electron chi connectivity index (χ2n) is 2.66. The van der Waals surface area contributed by atoms with E-state index in [4.69, 9.17) is 16.0 Å². The highest BCUT2D eigenvalue weighted by atomic mass is 35.5. The first-order valence-electron chi connectivity index (χ1n) is 3.88. The Hall–Kier alpha value is -0.520. The number of oxazole rings is 1. The van der Waals surface area contributed by atoms with Crippen LogP contribution in [0, 0.1) is 13.8 Å². The second-order valence-corrected chi connectivity index (χ2v) is 5.10.